The number of aryl methyl sites for hydroxylation is 1. The van der Waals surface area contributed by atoms with Gasteiger partial charge in [0.25, 0.3) is 9.05 Å². The maximum Gasteiger partial charge on any atom is 0.573 e. The minimum atomic E-state index is -5.01. The largest absolute Gasteiger partial charge is 0.573 e. The van der Waals surface area contributed by atoms with Gasteiger partial charge in [-0.1, -0.05) is 0 Å². The number of hydrogen-bond acceptors (Lipinski definition) is 4. The van der Waals surface area contributed by atoms with Crippen molar-refractivity contribution < 1.29 is 26.3 Å². The van der Waals surface area contributed by atoms with E-state index in [9.17, 15) is 21.6 Å². The molecule has 1 heterocycles. The van der Waals surface area contributed by atoms with E-state index in [4.69, 9.17) is 10.7 Å². The van der Waals surface area contributed by atoms with Crippen LogP contribution in [0.25, 0.3) is 0 Å². The van der Waals surface area contributed by atoms with E-state index in [0.29, 0.717) is 0 Å². The fraction of sp³-hybridized carbons (Fsp3) is 0.286. The van der Waals surface area contributed by atoms with Gasteiger partial charge in [-0.3, -0.25) is 4.98 Å². The Morgan fingerprint density at radius 1 is 1.47 bits per heavy atom. The predicted octanol–water partition coefficient (Wildman–Crippen LogP) is 2.82. The Morgan fingerprint density at radius 3 is 2.41 bits per heavy atom. The first-order chi connectivity index (χ1) is 7.52. The van der Waals surface area contributed by atoms with Crippen molar-refractivity contribution >= 4 is 42.3 Å². The van der Waals surface area contributed by atoms with Gasteiger partial charge in [0.05, 0.1) is 9.26 Å². The second-order valence-electron chi connectivity index (χ2n) is 2.84. The summed E-state index contributed by atoms with van der Waals surface area (Å²) in [6.45, 7) is 1.22. The van der Waals surface area contributed by atoms with Crippen molar-refractivity contribution in [3.63, 3.8) is 0 Å². The van der Waals surface area contributed by atoms with Gasteiger partial charge in [0.1, 0.15) is 4.90 Å². The highest BCUT2D eigenvalue weighted by molar-refractivity contribution is 14.1. The minimum Gasteiger partial charge on any atom is -0.403 e. The van der Waals surface area contributed by atoms with E-state index in [1.54, 1.807) is 0 Å². The average molecular weight is 402 g/mol. The summed E-state index contributed by atoms with van der Waals surface area (Å²) in [6.07, 6.45) is -3.95. The van der Waals surface area contributed by atoms with E-state index >= 15 is 0 Å². The summed E-state index contributed by atoms with van der Waals surface area (Å²) in [6, 6.07) is 0. The number of alkyl halides is 3. The summed E-state index contributed by atoms with van der Waals surface area (Å²) in [5.41, 5.74) is -0.167. The molecule has 1 aromatic heterocycles. The molecule has 0 N–H and O–H groups in total. The molecule has 1 rings (SSSR count). The van der Waals surface area contributed by atoms with Gasteiger partial charge in [0.2, 0.25) is 0 Å². The monoisotopic (exact) mass is 401 g/mol. The van der Waals surface area contributed by atoms with Gasteiger partial charge in [-0.2, -0.15) is 0 Å². The molecule has 0 atom stereocenters. The maximum atomic E-state index is 12.1. The molecule has 0 spiro atoms. The third-order valence-corrected chi connectivity index (χ3v) is 3.78. The first kappa shape index (κ1) is 14.8. The summed E-state index contributed by atoms with van der Waals surface area (Å²) in [4.78, 5) is 2.84. The topological polar surface area (TPSA) is 56.3 Å². The average Bonchev–Trinajstić information content (AvgIpc) is 2.06. The number of nitrogens with zero attached hydrogens (tertiary/aromatic N) is 1. The first-order valence-electron chi connectivity index (χ1n) is 3.88. The molecule has 10 heteroatoms. The lowest BCUT2D eigenvalue weighted by Gasteiger charge is -2.14. The molecular weight excluding hydrogens is 397 g/mol. The van der Waals surface area contributed by atoms with Crippen LogP contribution in [0.1, 0.15) is 5.69 Å². The van der Waals surface area contributed by atoms with Gasteiger partial charge in [-0.05, 0) is 29.5 Å². The maximum absolute atomic E-state index is 12.1. The molecule has 0 fully saturated rings. The first-order valence-corrected chi connectivity index (χ1v) is 7.26. The zero-order valence-electron chi connectivity index (χ0n) is 8.05. The van der Waals surface area contributed by atoms with Crippen LogP contribution < -0.4 is 4.74 Å². The Kier molecular flexibility index (Phi) is 4.14. The summed E-state index contributed by atoms with van der Waals surface area (Å²) < 4.78 is 62.3. The molecule has 96 valence electrons. The molecule has 1 aromatic rings. The van der Waals surface area contributed by atoms with Crippen LogP contribution >= 0.6 is 33.3 Å². The SMILES string of the molecule is Cc1ncc(I)c(OC(F)(F)F)c1S(=O)(=O)Cl. The lowest BCUT2D eigenvalue weighted by atomic mass is 10.3. The van der Waals surface area contributed by atoms with Crippen LogP contribution in [-0.2, 0) is 9.05 Å². The van der Waals surface area contributed by atoms with Gasteiger partial charge in [-0.15, -0.1) is 13.2 Å². The molecule has 0 saturated carbocycles. The van der Waals surface area contributed by atoms with Crippen LogP contribution in [0, 0.1) is 10.5 Å². The van der Waals surface area contributed by atoms with Crippen molar-refractivity contribution in [2.75, 3.05) is 0 Å². The fourth-order valence-corrected chi connectivity index (χ4v) is 3.07. The Morgan fingerprint density at radius 2 is 2.00 bits per heavy atom. The normalized spacial score (nSPS) is 12.6. The molecule has 17 heavy (non-hydrogen) atoms. The van der Waals surface area contributed by atoms with Gasteiger partial charge in [-0.25, -0.2) is 8.42 Å². The highest BCUT2D eigenvalue weighted by Crippen LogP contribution is 2.36. The molecule has 0 amide bonds. The van der Waals surface area contributed by atoms with Gasteiger partial charge in [0, 0.05) is 16.9 Å². The number of halogens is 5. The van der Waals surface area contributed by atoms with E-state index in [1.165, 1.54) is 29.5 Å². The van der Waals surface area contributed by atoms with Crippen molar-refractivity contribution in [2.24, 2.45) is 0 Å². The molecule has 0 aliphatic carbocycles. The van der Waals surface area contributed by atoms with Crippen LogP contribution in [0.4, 0.5) is 13.2 Å². The molecule has 0 radical (unpaired) electrons. The molecule has 0 bridgehead atoms. The molecule has 4 nitrogen and oxygen atoms in total. The number of hydrogen-bond donors (Lipinski definition) is 0. The molecule has 0 aliphatic rings. The molecular formula is C7H4ClF3INO3S. The van der Waals surface area contributed by atoms with Gasteiger partial charge >= 0.3 is 6.36 Å². The smallest absolute Gasteiger partial charge is 0.403 e. The standard InChI is InChI=1S/C7H4ClF3INO3S/c1-3-6(17(8,14)15)5(4(12)2-13-3)16-7(9,10)11/h2H,1H3. The van der Waals surface area contributed by atoms with E-state index in [2.05, 4.69) is 9.72 Å². The number of ether oxygens (including phenoxy) is 1. The van der Waals surface area contributed by atoms with Crippen molar-refractivity contribution in [1.82, 2.24) is 4.98 Å². The Hall–Kier alpha value is -0.290. The number of pyridine rings is 1. The number of rotatable bonds is 2. The fourth-order valence-electron chi connectivity index (χ4n) is 1.04. The zero-order valence-corrected chi connectivity index (χ0v) is 11.8. The second-order valence-corrected chi connectivity index (χ2v) is 6.50. The van der Waals surface area contributed by atoms with Gasteiger partial charge in [0.15, 0.2) is 5.75 Å². The van der Waals surface area contributed by atoms with Crippen molar-refractivity contribution in [3.05, 3.63) is 15.5 Å². The quantitative estimate of drug-likeness (QED) is 0.565. The Balaban J connectivity index is 3.52. The van der Waals surface area contributed by atoms with E-state index in [0.717, 1.165) is 6.20 Å². The van der Waals surface area contributed by atoms with E-state index in [-0.39, 0.29) is 9.26 Å². The molecule has 0 aromatic carbocycles. The van der Waals surface area contributed by atoms with Crippen LogP contribution in [0.3, 0.4) is 0 Å². The van der Waals surface area contributed by atoms with Crippen molar-refractivity contribution in [3.8, 4) is 5.75 Å². The van der Waals surface area contributed by atoms with Crippen LogP contribution in [-0.4, -0.2) is 19.8 Å². The van der Waals surface area contributed by atoms with E-state index < -0.39 is 26.1 Å². The Labute approximate surface area is 113 Å². The molecule has 0 unspecified atom stereocenters. The van der Waals surface area contributed by atoms with Crippen LogP contribution in [0.5, 0.6) is 5.75 Å². The highest BCUT2D eigenvalue weighted by Gasteiger charge is 2.36. The summed E-state index contributed by atoms with van der Waals surface area (Å²) >= 11 is 1.47. The highest BCUT2D eigenvalue weighted by atomic mass is 127. The van der Waals surface area contributed by atoms with Crippen LogP contribution in [0.15, 0.2) is 11.1 Å². The van der Waals surface area contributed by atoms with Gasteiger partial charge < -0.3 is 4.74 Å². The third kappa shape index (κ3) is 3.85. The molecule has 0 aliphatic heterocycles. The molecule has 0 saturated heterocycles. The van der Waals surface area contributed by atoms with Crippen molar-refractivity contribution in [2.45, 2.75) is 18.2 Å². The lowest BCUT2D eigenvalue weighted by molar-refractivity contribution is -0.275. The summed E-state index contributed by atoms with van der Waals surface area (Å²) in [5.74, 6) is -0.861. The van der Waals surface area contributed by atoms with Crippen LogP contribution in [0.2, 0.25) is 0 Å². The lowest BCUT2D eigenvalue weighted by Crippen LogP contribution is -2.20. The predicted molar refractivity (Wildman–Crippen MR) is 61.4 cm³/mol. The summed E-state index contributed by atoms with van der Waals surface area (Å²) in [5, 5.41) is 0. The second kappa shape index (κ2) is 4.76. The third-order valence-electron chi connectivity index (χ3n) is 1.58. The van der Waals surface area contributed by atoms with Crippen molar-refractivity contribution in [1.29, 1.82) is 0 Å². The Bertz CT molecular complexity index is 546. The minimum absolute atomic E-state index is 0.107. The zero-order chi connectivity index (χ0) is 13.4. The van der Waals surface area contributed by atoms with E-state index in [1.807, 2.05) is 0 Å². The summed E-state index contributed by atoms with van der Waals surface area (Å²) in [7, 11) is 0.672. The number of aromatic nitrogens is 1.